The largest absolute Gasteiger partial charge is 0.488 e. The van der Waals surface area contributed by atoms with Crippen LogP contribution >= 0.6 is 0 Å². The number of ether oxygens (including phenoxy) is 1. The minimum absolute atomic E-state index is 0.167. The van der Waals surface area contributed by atoms with Crippen molar-refractivity contribution in [1.82, 2.24) is 10.3 Å². The predicted molar refractivity (Wildman–Crippen MR) is 86.6 cm³/mol. The molecule has 0 spiro atoms. The van der Waals surface area contributed by atoms with Crippen molar-refractivity contribution in [2.75, 3.05) is 6.54 Å². The van der Waals surface area contributed by atoms with Crippen molar-refractivity contribution >= 4 is 10.9 Å². The maximum absolute atomic E-state index is 6.18. The molecule has 1 N–H and O–H groups in total. The molecule has 0 aliphatic heterocycles. The lowest BCUT2D eigenvalue weighted by atomic mass is 9.64. The number of benzene rings is 1. The van der Waals surface area contributed by atoms with Gasteiger partial charge in [0.05, 0.1) is 11.7 Å². The van der Waals surface area contributed by atoms with Crippen LogP contribution < -0.4 is 10.1 Å². The molecule has 2 unspecified atom stereocenters. The van der Waals surface area contributed by atoms with E-state index in [2.05, 4.69) is 43.2 Å². The number of hydrogen-bond donors (Lipinski definition) is 1. The highest BCUT2D eigenvalue weighted by atomic mass is 16.5. The number of para-hydroxylation sites is 1. The summed E-state index contributed by atoms with van der Waals surface area (Å²) in [5.74, 6) is 0.876. The van der Waals surface area contributed by atoms with E-state index in [9.17, 15) is 0 Å². The van der Waals surface area contributed by atoms with E-state index in [4.69, 9.17) is 4.74 Å². The van der Waals surface area contributed by atoms with Gasteiger partial charge in [-0.15, -0.1) is 0 Å². The molecule has 2 aromatic rings. The Kier molecular flexibility index (Phi) is 3.85. The molecule has 1 heterocycles. The molecule has 21 heavy (non-hydrogen) atoms. The number of nitrogens with zero attached hydrogens (tertiary/aromatic N) is 1. The fourth-order valence-corrected chi connectivity index (χ4v) is 3.03. The fraction of sp³-hybridized carbons (Fsp3) is 0.500. The molecule has 0 radical (unpaired) electrons. The van der Waals surface area contributed by atoms with E-state index in [1.54, 1.807) is 0 Å². The van der Waals surface area contributed by atoms with Crippen molar-refractivity contribution in [1.29, 1.82) is 0 Å². The minimum Gasteiger partial charge on any atom is -0.488 e. The van der Waals surface area contributed by atoms with Crippen molar-refractivity contribution in [3.63, 3.8) is 0 Å². The lowest BCUT2D eigenvalue weighted by Gasteiger charge is -2.51. The van der Waals surface area contributed by atoms with E-state index in [0.29, 0.717) is 6.04 Å². The van der Waals surface area contributed by atoms with Gasteiger partial charge in [0, 0.05) is 23.3 Å². The van der Waals surface area contributed by atoms with Crippen LogP contribution in [0.4, 0.5) is 0 Å². The molecule has 0 bridgehead atoms. The Morgan fingerprint density at radius 1 is 1.33 bits per heavy atom. The highest BCUT2D eigenvalue weighted by Crippen LogP contribution is 2.43. The normalized spacial score (nSPS) is 23.8. The van der Waals surface area contributed by atoms with Gasteiger partial charge in [-0.25, -0.2) is 0 Å². The summed E-state index contributed by atoms with van der Waals surface area (Å²) in [4.78, 5) is 4.47. The van der Waals surface area contributed by atoms with Gasteiger partial charge in [-0.3, -0.25) is 4.98 Å². The summed E-state index contributed by atoms with van der Waals surface area (Å²) in [6, 6.07) is 10.8. The first-order chi connectivity index (χ1) is 10.1. The SMILES string of the molecule is CCCNC1CC(Oc2cnc3ccccc3c2)C1(C)C. The lowest BCUT2D eigenvalue weighted by molar-refractivity contribution is -0.0546. The second kappa shape index (κ2) is 5.64. The van der Waals surface area contributed by atoms with Crippen LogP contribution in [0, 0.1) is 5.41 Å². The van der Waals surface area contributed by atoms with Crippen molar-refractivity contribution < 1.29 is 4.74 Å². The summed E-state index contributed by atoms with van der Waals surface area (Å²) in [6.07, 6.45) is 4.34. The van der Waals surface area contributed by atoms with Gasteiger partial charge in [-0.2, -0.15) is 0 Å². The zero-order valence-corrected chi connectivity index (χ0v) is 13.1. The van der Waals surface area contributed by atoms with E-state index in [1.807, 2.05) is 24.4 Å². The van der Waals surface area contributed by atoms with Crippen molar-refractivity contribution in [2.45, 2.75) is 45.8 Å². The lowest BCUT2D eigenvalue weighted by Crippen LogP contribution is -2.62. The van der Waals surface area contributed by atoms with Gasteiger partial charge >= 0.3 is 0 Å². The molecule has 1 saturated carbocycles. The first kappa shape index (κ1) is 14.3. The number of fused-ring (bicyclic) bond motifs is 1. The quantitative estimate of drug-likeness (QED) is 0.907. The Balaban J connectivity index is 1.69. The topological polar surface area (TPSA) is 34.1 Å². The Morgan fingerprint density at radius 3 is 2.90 bits per heavy atom. The first-order valence-corrected chi connectivity index (χ1v) is 7.86. The van der Waals surface area contributed by atoms with Crippen molar-refractivity contribution in [3.8, 4) is 5.75 Å². The first-order valence-electron chi connectivity index (χ1n) is 7.86. The molecule has 112 valence electrons. The molecule has 1 aromatic heterocycles. The fourth-order valence-electron chi connectivity index (χ4n) is 3.03. The van der Waals surface area contributed by atoms with E-state index in [0.717, 1.165) is 29.6 Å². The summed E-state index contributed by atoms with van der Waals surface area (Å²) in [5.41, 5.74) is 1.18. The Morgan fingerprint density at radius 2 is 2.14 bits per heavy atom. The minimum atomic E-state index is 0.167. The number of pyridine rings is 1. The average molecular weight is 284 g/mol. The third-order valence-electron chi connectivity index (χ3n) is 4.66. The standard InChI is InChI=1S/C18H24N2O/c1-4-9-19-16-11-17(18(16,2)3)21-14-10-13-7-5-6-8-15(13)20-12-14/h5-8,10,12,16-17,19H,4,9,11H2,1-3H3. The van der Waals surface area contributed by atoms with Crippen LogP contribution in [0.2, 0.25) is 0 Å². The van der Waals surface area contributed by atoms with Crippen LogP contribution in [0.25, 0.3) is 10.9 Å². The highest BCUT2D eigenvalue weighted by Gasteiger charge is 2.49. The molecule has 2 atom stereocenters. The number of aromatic nitrogens is 1. The van der Waals surface area contributed by atoms with Gasteiger partial charge < -0.3 is 10.1 Å². The molecule has 1 aliphatic rings. The predicted octanol–water partition coefficient (Wildman–Crippen LogP) is 3.78. The molecule has 1 aromatic carbocycles. The van der Waals surface area contributed by atoms with E-state index in [-0.39, 0.29) is 11.5 Å². The summed E-state index contributed by atoms with van der Waals surface area (Å²) >= 11 is 0. The Hall–Kier alpha value is -1.61. The maximum Gasteiger partial charge on any atom is 0.138 e. The van der Waals surface area contributed by atoms with Crippen LogP contribution in [0.1, 0.15) is 33.6 Å². The van der Waals surface area contributed by atoms with Crippen LogP contribution in [0.5, 0.6) is 5.75 Å². The molecule has 3 nitrogen and oxygen atoms in total. The molecule has 0 saturated heterocycles. The summed E-state index contributed by atoms with van der Waals surface area (Å²) in [6.45, 7) is 7.84. The molecule has 3 heteroatoms. The van der Waals surface area contributed by atoms with Gasteiger partial charge in [0.25, 0.3) is 0 Å². The Bertz CT molecular complexity index is 623. The molecule has 1 aliphatic carbocycles. The van der Waals surface area contributed by atoms with E-state index in [1.165, 1.54) is 6.42 Å². The van der Waals surface area contributed by atoms with E-state index < -0.39 is 0 Å². The second-order valence-corrected chi connectivity index (χ2v) is 6.53. The molecular formula is C18H24N2O. The zero-order chi connectivity index (χ0) is 14.9. The average Bonchev–Trinajstić information content (AvgIpc) is 2.50. The van der Waals surface area contributed by atoms with Crippen molar-refractivity contribution in [3.05, 3.63) is 36.5 Å². The van der Waals surface area contributed by atoms with E-state index >= 15 is 0 Å². The maximum atomic E-state index is 6.18. The summed E-state index contributed by atoms with van der Waals surface area (Å²) < 4.78 is 6.18. The number of nitrogens with one attached hydrogen (secondary N) is 1. The molecule has 3 rings (SSSR count). The van der Waals surface area contributed by atoms with Crippen molar-refractivity contribution in [2.24, 2.45) is 5.41 Å². The summed E-state index contributed by atoms with van der Waals surface area (Å²) in [7, 11) is 0. The monoisotopic (exact) mass is 284 g/mol. The van der Waals surface area contributed by atoms with Crippen LogP contribution in [-0.4, -0.2) is 23.7 Å². The molecule has 0 amide bonds. The second-order valence-electron chi connectivity index (χ2n) is 6.53. The van der Waals surface area contributed by atoms with Crippen LogP contribution in [-0.2, 0) is 0 Å². The van der Waals surface area contributed by atoms with Gasteiger partial charge in [0.2, 0.25) is 0 Å². The third kappa shape index (κ3) is 2.75. The van der Waals surface area contributed by atoms with Gasteiger partial charge in [0.15, 0.2) is 0 Å². The van der Waals surface area contributed by atoms with Crippen LogP contribution in [0.3, 0.4) is 0 Å². The van der Waals surface area contributed by atoms with Crippen LogP contribution in [0.15, 0.2) is 36.5 Å². The van der Waals surface area contributed by atoms with Gasteiger partial charge in [-0.05, 0) is 25.1 Å². The van der Waals surface area contributed by atoms with Gasteiger partial charge in [-0.1, -0.05) is 39.0 Å². The Labute approximate surface area is 126 Å². The molecule has 1 fully saturated rings. The zero-order valence-electron chi connectivity index (χ0n) is 13.1. The summed E-state index contributed by atoms with van der Waals surface area (Å²) in [5, 5.41) is 4.74. The third-order valence-corrected chi connectivity index (χ3v) is 4.66. The van der Waals surface area contributed by atoms with Gasteiger partial charge in [0.1, 0.15) is 11.9 Å². The smallest absolute Gasteiger partial charge is 0.138 e. The number of hydrogen-bond acceptors (Lipinski definition) is 3. The number of rotatable bonds is 5. The highest BCUT2D eigenvalue weighted by molar-refractivity contribution is 5.79. The molecular weight excluding hydrogens is 260 g/mol.